The number of amides is 1. The van der Waals surface area contributed by atoms with E-state index in [4.69, 9.17) is 19.9 Å². The standard InChI is InChI=1S/C23H26N2O4/c1-15-20(23(24)26)14-21(19-9-8-18(28-3)13-22(19)29-4)25(15)11-10-16-6-5-7-17(12-16)27-2/h5-9,12-14H,10-11H2,1-4H3,(H2,24,26). The highest BCUT2D eigenvalue weighted by Crippen LogP contribution is 2.36. The molecule has 0 spiro atoms. The molecule has 6 nitrogen and oxygen atoms in total. The molecular weight excluding hydrogens is 368 g/mol. The minimum absolute atomic E-state index is 0.448. The van der Waals surface area contributed by atoms with Crippen molar-refractivity contribution in [2.24, 2.45) is 5.73 Å². The number of benzene rings is 2. The first-order valence-corrected chi connectivity index (χ1v) is 9.33. The molecule has 2 aromatic carbocycles. The lowest BCUT2D eigenvalue weighted by atomic mass is 10.1. The Bertz CT molecular complexity index is 1020. The van der Waals surface area contributed by atoms with E-state index in [0.29, 0.717) is 23.6 Å². The van der Waals surface area contributed by atoms with E-state index in [1.807, 2.05) is 49.4 Å². The van der Waals surface area contributed by atoms with Crippen LogP contribution in [0.5, 0.6) is 17.2 Å². The molecule has 3 aromatic rings. The fourth-order valence-electron chi connectivity index (χ4n) is 3.48. The second-order valence-corrected chi connectivity index (χ2v) is 6.71. The molecule has 0 radical (unpaired) electrons. The first-order valence-electron chi connectivity index (χ1n) is 9.33. The van der Waals surface area contributed by atoms with Gasteiger partial charge in [0.1, 0.15) is 17.2 Å². The minimum Gasteiger partial charge on any atom is -0.497 e. The van der Waals surface area contributed by atoms with Gasteiger partial charge in [0, 0.05) is 23.9 Å². The van der Waals surface area contributed by atoms with Gasteiger partial charge in [-0.3, -0.25) is 4.79 Å². The van der Waals surface area contributed by atoms with Gasteiger partial charge in [-0.2, -0.15) is 0 Å². The summed E-state index contributed by atoms with van der Waals surface area (Å²) in [7, 11) is 4.88. The van der Waals surface area contributed by atoms with Crippen LogP contribution in [0.2, 0.25) is 0 Å². The molecule has 0 saturated carbocycles. The number of aryl methyl sites for hydroxylation is 1. The molecule has 0 aliphatic heterocycles. The molecule has 0 aliphatic rings. The Hall–Kier alpha value is -3.41. The molecule has 1 aromatic heterocycles. The predicted molar refractivity (Wildman–Crippen MR) is 113 cm³/mol. The van der Waals surface area contributed by atoms with Crippen molar-refractivity contribution in [2.45, 2.75) is 19.9 Å². The van der Waals surface area contributed by atoms with E-state index in [2.05, 4.69) is 10.6 Å². The summed E-state index contributed by atoms with van der Waals surface area (Å²) in [4.78, 5) is 12.0. The van der Waals surface area contributed by atoms with Gasteiger partial charge in [0.25, 0.3) is 5.91 Å². The molecular formula is C23H26N2O4. The van der Waals surface area contributed by atoms with Gasteiger partial charge in [0.15, 0.2) is 0 Å². The number of aromatic nitrogens is 1. The first-order chi connectivity index (χ1) is 14.0. The average molecular weight is 394 g/mol. The fourth-order valence-corrected chi connectivity index (χ4v) is 3.48. The Morgan fingerprint density at radius 2 is 1.69 bits per heavy atom. The van der Waals surface area contributed by atoms with Crippen molar-refractivity contribution in [3.8, 4) is 28.5 Å². The number of ether oxygens (including phenoxy) is 3. The van der Waals surface area contributed by atoms with E-state index < -0.39 is 5.91 Å². The quantitative estimate of drug-likeness (QED) is 0.630. The predicted octanol–water partition coefficient (Wildman–Crippen LogP) is 3.83. The van der Waals surface area contributed by atoms with Gasteiger partial charge in [-0.1, -0.05) is 12.1 Å². The van der Waals surface area contributed by atoms with E-state index in [1.54, 1.807) is 21.3 Å². The molecule has 6 heteroatoms. The molecule has 3 rings (SSSR count). The van der Waals surface area contributed by atoms with Crippen LogP contribution in [0.25, 0.3) is 11.3 Å². The van der Waals surface area contributed by atoms with Crippen LogP contribution in [0.4, 0.5) is 0 Å². The third-order valence-electron chi connectivity index (χ3n) is 5.07. The maximum Gasteiger partial charge on any atom is 0.250 e. The maximum atomic E-state index is 12.0. The number of nitrogens with two attached hydrogens (primary N) is 1. The largest absolute Gasteiger partial charge is 0.497 e. The lowest BCUT2D eigenvalue weighted by Crippen LogP contribution is -2.13. The summed E-state index contributed by atoms with van der Waals surface area (Å²) in [6.45, 7) is 2.59. The van der Waals surface area contributed by atoms with Gasteiger partial charge in [-0.25, -0.2) is 0 Å². The Kier molecular flexibility index (Phi) is 6.12. The van der Waals surface area contributed by atoms with E-state index in [0.717, 1.165) is 34.7 Å². The zero-order chi connectivity index (χ0) is 21.0. The Balaban J connectivity index is 2.03. The number of hydrogen-bond acceptors (Lipinski definition) is 4. The molecule has 0 atom stereocenters. The number of primary amides is 1. The van der Waals surface area contributed by atoms with Crippen molar-refractivity contribution < 1.29 is 19.0 Å². The van der Waals surface area contributed by atoms with Crippen LogP contribution in [-0.4, -0.2) is 31.8 Å². The fraction of sp³-hybridized carbons (Fsp3) is 0.261. The lowest BCUT2D eigenvalue weighted by Gasteiger charge is -2.15. The molecule has 0 unspecified atom stereocenters. The summed E-state index contributed by atoms with van der Waals surface area (Å²) < 4.78 is 18.3. The van der Waals surface area contributed by atoms with E-state index in [9.17, 15) is 4.79 Å². The molecule has 0 aliphatic carbocycles. The highest BCUT2D eigenvalue weighted by atomic mass is 16.5. The molecule has 1 amide bonds. The molecule has 152 valence electrons. The van der Waals surface area contributed by atoms with Crippen LogP contribution >= 0.6 is 0 Å². The Labute approximate surface area is 170 Å². The van der Waals surface area contributed by atoms with Gasteiger partial charge in [-0.05, 0) is 49.2 Å². The number of methoxy groups -OCH3 is 3. The maximum absolute atomic E-state index is 12.0. The summed E-state index contributed by atoms with van der Waals surface area (Å²) in [6.07, 6.45) is 0.774. The molecule has 0 fully saturated rings. The van der Waals surface area contributed by atoms with Crippen LogP contribution in [0.1, 0.15) is 21.6 Å². The molecule has 2 N–H and O–H groups in total. The van der Waals surface area contributed by atoms with Crippen LogP contribution in [-0.2, 0) is 13.0 Å². The third-order valence-corrected chi connectivity index (χ3v) is 5.07. The number of rotatable bonds is 8. The lowest BCUT2D eigenvalue weighted by molar-refractivity contribution is 0.0999. The number of hydrogen-bond donors (Lipinski definition) is 1. The van der Waals surface area contributed by atoms with Gasteiger partial charge in [-0.15, -0.1) is 0 Å². The molecule has 29 heavy (non-hydrogen) atoms. The molecule has 1 heterocycles. The van der Waals surface area contributed by atoms with Crippen LogP contribution in [0, 0.1) is 6.92 Å². The van der Waals surface area contributed by atoms with Crippen molar-refractivity contribution >= 4 is 5.91 Å². The normalized spacial score (nSPS) is 10.6. The van der Waals surface area contributed by atoms with Crippen LogP contribution in [0.3, 0.4) is 0 Å². The smallest absolute Gasteiger partial charge is 0.250 e. The minimum atomic E-state index is -0.448. The summed E-state index contributed by atoms with van der Waals surface area (Å²) in [5.74, 6) is 1.74. The van der Waals surface area contributed by atoms with Crippen molar-refractivity contribution in [1.82, 2.24) is 4.57 Å². The molecule has 0 saturated heterocycles. The monoisotopic (exact) mass is 394 g/mol. The van der Waals surface area contributed by atoms with Gasteiger partial charge in [0.05, 0.1) is 32.6 Å². The average Bonchev–Trinajstić information content (AvgIpc) is 3.08. The Morgan fingerprint density at radius 3 is 2.34 bits per heavy atom. The van der Waals surface area contributed by atoms with Crippen LogP contribution < -0.4 is 19.9 Å². The van der Waals surface area contributed by atoms with E-state index >= 15 is 0 Å². The van der Waals surface area contributed by atoms with Gasteiger partial charge in [0.2, 0.25) is 0 Å². The second kappa shape index (κ2) is 8.73. The zero-order valence-corrected chi connectivity index (χ0v) is 17.2. The van der Waals surface area contributed by atoms with E-state index in [1.165, 1.54) is 0 Å². The number of nitrogens with zero attached hydrogens (tertiary/aromatic N) is 1. The molecule has 0 bridgehead atoms. The van der Waals surface area contributed by atoms with Crippen molar-refractivity contribution in [1.29, 1.82) is 0 Å². The Morgan fingerprint density at radius 1 is 0.966 bits per heavy atom. The van der Waals surface area contributed by atoms with Crippen molar-refractivity contribution in [3.05, 3.63) is 65.4 Å². The highest BCUT2D eigenvalue weighted by Gasteiger charge is 2.19. The first kappa shape index (κ1) is 20.3. The zero-order valence-electron chi connectivity index (χ0n) is 17.2. The summed E-state index contributed by atoms with van der Waals surface area (Å²) in [5.41, 5.74) is 9.83. The topological polar surface area (TPSA) is 75.7 Å². The SMILES string of the molecule is COc1cccc(CCn2c(-c3ccc(OC)cc3OC)cc(C(N)=O)c2C)c1. The van der Waals surface area contributed by atoms with Crippen LogP contribution in [0.15, 0.2) is 48.5 Å². The van der Waals surface area contributed by atoms with Crippen molar-refractivity contribution in [3.63, 3.8) is 0 Å². The van der Waals surface area contributed by atoms with E-state index in [-0.39, 0.29) is 0 Å². The highest BCUT2D eigenvalue weighted by molar-refractivity contribution is 5.96. The van der Waals surface area contributed by atoms with Gasteiger partial charge >= 0.3 is 0 Å². The summed E-state index contributed by atoms with van der Waals surface area (Å²) >= 11 is 0. The van der Waals surface area contributed by atoms with Crippen molar-refractivity contribution in [2.75, 3.05) is 21.3 Å². The third kappa shape index (κ3) is 4.21. The van der Waals surface area contributed by atoms with Gasteiger partial charge < -0.3 is 24.5 Å². The second-order valence-electron chi connectivity index (χ2n) is 6.71. The number of carbonyl (C=O) groups excluding carboxylic acids is 1. The summed E-state index contributed by atoms with van der Waals surface area (Å²) in [5, 5.41) is 0. The number of carbonyl (C=O) groups is 1. The summed E-state index contributed by atoms with van der Waals surface area (Å²) in [6, 6.07) is 15.4.